The molecule has 0 aromatic heterocycles. The van der Waals surface area contributed by atoms with Gasteiger partial charge in [-0.15, -0.1) is 0 Å². The molecule has 114 valence electrons. The van der Waals surface area contributed by atoms with Crippen LogP contribution in [0.15, 0.2) is 30.3 Å². The molecule has 1 aliphatic rings. The second kappa shape index (κ2) is 7.78. The SMILES string of the molecule is O=C(O)[C@H](CCCc1ccccc1)NC(=O)[C@H]1CCCO1. The third kappa shape index (κ3) is 4.86. The summed E-state index contributed by atoms with van der Waals surface area (Å²) < 4.78 is 5.26. The molecular formula is C16H21NO4. The summed E-state index contributed by atoms with van der Waals surface area (Å²) in [4.78, 5) is 23.1. The van der Waals surface area contributed by atoms with Gasteiger partial charge in [-0.1, -0.05) is 30.3 Å². The Balaban J connectivity index is 1.79. The molecule has 1 aromatic rings. The number of hydrogen-bond acceptors (Lipinski definition) is 3. The number of rotatable bonds is 7. The van der Waals surface area contributed by atoms with Crippen molar-refractivity contribution in [3.8, 4) is 0 Å². The first-order chi connectivity index (χ1) is 10.2. The minimum atomic E-state index is -0.991. The molecule has 1 heterocycles. The van der Waals surface area contributed by atoms with E-state index < -0.39 is 18.1 Å². The average Bonchev–Trinajstić information content (AvgIpc) is 3.01. The van der Waals surface area contributed by atoms with Crippen LogP contribution in [0.2, 0.25) is 0 Å². The number of carboxylic acids is 1. The quantitative estimate of drug-likeness (QED) is 0.802. The summed E-state index contributed by atoms with van der Waals surface area (Å²) >= 11 is 0. The minimum absolute atomic E-state index is 0.306. The van der Waals surface area contributed by atoms with Crippen molar-refractivity contribution in [1.82, 2.24) is 5.32 Å². The molecule has 1 aromatic carbocycles. The largest absolute Gasteiger partial charge is 0.480 e. The first-order valence-corrected chi connectivity index (χ1v) is 7.35. The number of benzene rings is 1. The second-order valence-electron chi connectivity index (χ2n) is 5.28. The van der Waals surface area contributed by atoms with Gasteiger partial charge in [0.1, 0.15) is 12.1 Å². The molecule has 5 heteroatoms. The predicted octanol–water partition coefficient (Wildman–Crippen LogP) is 1.76. The molecule has 1 aliphatic heterocycles. The molecule has 0 saturated carbocycles. The molecule has 2 rings (SSSR count). The highest BCUT2D eigenvalue weighted by Crippen LogP contribution is 2.13. The standard InChI is InChI=1S/C16H21NO4/c18-15(14-10-5-11-21-14)17-13(16(19)20)9-4-8-12-6-2-1-3-7-12/h1-3,6-7,13-14H,4-5,8-11H2,(H,17,18)(H,19,20)/t13-,14+/m0/s1. The Kier molecular flexibility index (Phi) is 5.75. The molecule has 0 spiro atoms. The lowest BCUT2D eigenvalue weighted by Gasteiger charge is -2.17. The van der Waals surface area contributed by atoms with Crippen LogP contribution in [-0.4, -0.2) is 35.7 Å². The third-order valence-corrected chi connectivity index (χ3v) is 3.64. The minimum Gasteiger partial charge on any atom is -0.480 e. The van der Waals surface area contributed by atoms with E-state index in [0.717, 1.165) is 12.8 Å². The van der Waals surface area contributed by atoms with Gasteiger partial charge in [-0.2, -0.15) is 0 Å². The van der Waals surface area contributed by atoms with Crippen LogP contribution in [0.1, 0.15) is 31.2 Å². The lowest BCUT2D eigenvalue weighted by Crippen LogP contribution is -2.45. The first-order valence-electron chi connectivity index (χ1n) is 7.35. The maximum Gasteiger partial charge on any atom is 0.326 e. The van der Waals surface area contributed by atoms with E-state index >= 15 is 0 Å². The van der Waals surface area contributed by atoms with Gasteiger partial charge in [-0.3, -0.25) is 4.79 Å². The molecule has 0 unspecified atom stereocenters. The highest BCUT2D eigenvalue weighted by molar-refractivity contribution is 5.86. The van der Waals surface area contributed by atoms with E-state index in [1.54, 1.807) is 0 Å². The highest BCUT2D eigenvalue weighted by Gasteiger charge is 2.27. The monoisotopic (exact) mass is 291 g/mol. The lowest BCUT2D eigenvalue weighted by molar-refractivity contribution is -0.143. The van der Waals surface area contributed by atoms with Gasteiger partial charge in [0.15, 0.2) is 0 Å². The van der Waals surface area contributed by atoms with Crippen LogP contribution in [0, 0.1) is 0 Å². The summed E-state index contributed by atoms with van der Waals surface area (Å²) in [6.45, 7) is 0.573. The smallest absolute Gasteiger partial charge is 0.326 e. The van der Waals surface area contributed by atoms with Crippen molar-refractivity contribution < 1.29 is 19.4 Å². The predicted molar refractivity (Wildman–Crippen MR) is 77.9 cm³/mol. The van der Waals surface area contributed by atoms with Gasteiger partial charge >= 0.3 is 5.97 Å². The number of hydrogen-bond donors (Lipinski definition) is 2. The molecular weight excluding hydrogens is 270 g/mol. The molecule has 0 bridgehead atoms. The molecule has 21 heavy (non-hydrogen) atoms. The van der Waals surface area contributed by atoms with Gasteiger partial charge in [0.05, 0.1) is 0 Å². The first kappa shape index (κ1) is 15.5. The number of carboxylic acid groups (broad SMARTS) is 1. The molecule has 1 fully saturated rings. The average molecular weight is 291 g/mol. The van der Waals surface area contributed by atoms with Gasteiger partial charge in [0.2, 0.25) is 5.91 Å². The number of ether oxygens (including phenoxy) is 1. The van der Waals surface area contributed by atoms with Gasteiger partial charge < -0.3 is 15.2 Å². The summed E-state index contributed by atoms with van der Waals surface area (Å²) in [6.07, 6.45) is 2.98. The van der Waals surface area contributed by atoms with Gasteiger partial charge in [-0.05, 0) is 37.7 Å². The maximum atomic E-state index is 11.9. The van der Waals surface area contributed by atoms with Crippen molar-refractivity contribution in [2.24, 2.45) is 0 Å². The Morgan fingerprint density at radius 2 is 2.10 bits per heavy atom. The van der Waals surface area contributed by atoms with Crippen molar-refractivity contribution >= 4 is 11.9 Å². The highest BCUT2D eigenvalue weighted by atomic mass is 16.5. The lowest BCUT2D eigenvalue weighted by atomic mass is 10.0. The fraction of sp³-hybridized carbons (Fsp3) is 0.500. The topological polar surface area (TPSA) is 75.6 Å². The molecule has 0 radical (unpaired) electrons. The van der Waals surface area contributed by atoms with Crippen molar-refractivity contribution in [3.05, 3.63) is 35.9 Å². The summed E-state index contributed by atoms with van der Waals surface area (Å²) in [7, 11) is 0. The summed E-state index contributed by atoms with van der Waals surface area (Å²) in [5, 5.41) is 11.8. The van der Waals surface area contributed by atoms with Crippen molar-refractivity contribution in [2.75, 3.05) is 6.61 Å². The Bertz CT molecular complexity index is 468. The Morgan fingerprint density at radius 1 is 1.33 bits per heavy atom. The van der Waals surface area contributed by atoms with E-state index in [1.165, 1.54) is 5.56 Å². The second-order valence-corrected chi connectivity index (χ2v) is 5.28. The number of carbonyl (C=O) groups is 2. The van der Waals surface area contributed by atoms with Crippen LogP contribution in [0.25, 0.3) is 0 Å². The van der Waals surface area contributed by atoms with Crippen LogP contribution in [0.5, 0.6) is 0 Å². The zero-order chi connectivity index (χ0) is 15.1. The van der Waals surface area contributed by atoms with E-state index in [0.29, 0.717) is 25.9 Å². The van der Waals surface area contributed by atoms with Gasteiger partial charge in [0, 0.05) is 6.61 Å². The molecule has 1 saturated heterocycles. The Hall–Kier alpha value is -1.88. The van der Waals surface area contributed by atoms with Crippen LogP contribution >= 0.6 is 0 Å². The summed E-state index contributed by atoms with van der Waals surface area (Å²) in [5.41, 5.74) is 1.17. The fourth-order valence-electron chi connectivity index (χ4n) is 2.46. The van der Waals surface area contributed by atoms with E-state index in [9.17, 15) is 14.7 Å². The normalized spacial score (nSPS) is 19.1. The molecule has 0 aliphatic carbocycles. The maximum absolute atomic E-state index is 11.9. The van der Waals surface area contributed by atoms with Crippen LogP contribution < -0.4 is 5.32 Å². The zero-order valence-electron chi connectivity index (χ0n) is 12.0. The van der Waals surface area contributed by atoms with E-state index in [1.807, 2.05) is 30.3 Å². The molecule has 1 amide bonds. The molecule has 2 atom stereocenters. The van der Waals surface area contributed by atoms with Crippen LogP contribution in [0.3, 0.4) is 0 Å². The van der Waals surface area contributed by atoms with Gasteiger partial charge in [-0.25, -0.2) is 4.79 Å². The number of aryl methyl sites for hydroxylation is 1. The third-order valence-electron chi connectivity index (χ3n) is 3.64. The summed E-state index contributed by atoms with van der Waals surface area (Å²) in [5.74, 6) is -1.30. The number of aliphatic carboxylic acids is 1. The zero-order valence-corrected chi connectivity index (χ0v) is 12.0. The molecule has 2 N–H and O–H groups in total. The van der Waals surface area contributed by atoms with Gasteiger partial charge in [0.25, 0.3) is 0 Å². The molecule has 5 nitrogen and oxygen atoms in total. The van der Waals surface area contributed by atoms with E-state index in [4.69, 9.17) is 4.74 Å². The Morgan fingerprint density at radius 3 is 2.71 bits per heavy atom. The van der Waals surface area contributed by atoms with Crippen molar-refractivity contribution in [1.29, 1.82) is 0 Å². The van der Waals surface area contributed by atoms with Crippen LogP contribution in [0.4, 0.5) is 0 Å². The number of nitrogens with one attached hydrogen (secondary N) is 1. The van der Waals surface area contributed by atoms with Crippen molar-refractivity contribution in [2.45, 2.75) is 44.2 Å². The van der Waals surface area contributed by atoms with Crippen molar-refractivity contribution in [3.63, 3.8) is 0 Å². The summed E-state index contributed by atoms with van der Waals surface area (Å²) in [6, 6.07) is 9.06. The number of carbonyl (C=O) groups excluding carboxylic acids is 1. The van der Waals surface area contributed by atoms with E-state index in [2.05, 4.69) is 5.32 Å². The number of amides is 1. The van der Waals surface area contributed by atoms with E-state index in [-0.39, 0.29) is 5.91 Å². The van der Waals surface area contributed by atoms with Crippen LogP contribution in [-0.2, 0) is 20.7 Å². The fourth-order valence-corrected chi connectivity index (χ4v) is 2.46. The Labute approximate surface area is 124 Å².